The standard InChI is InChI=1S/C12H13NO5S/c1-17-10-4-2-9(3-5-10)13-19(15,16)12-7-6-11(8-14)18-12/h2-7,13-14H,8H2,1H3. The SMILES string of the molecule is COc1ccc(NS(=O)(=O)c2ccc(CO)o2)cc1. The van der Waals surface area contributed by atoms with Gasteiger partial charge in [0.05, 0.1) is 7.11 Å². The predicted octanol–water partition coefficient (Wildman–Crippen LogP) is 1.58. The first-order valence-electron chi connectivity index (χ1n) is 5.41. The summed E-state index contributed by atoms with van der Waals surface area (Å²) in [6, 6.07) is 9.12. The molecule has 19 heavy (non-hydrogen) atoms. The topological polar surface area (TPSA) is 88.8 Å². The molecule has 1 aromatic carbocycles. The normalized spacial score (nSPS) is 11.3. The van der Waals surface area contributed by atoms with Gasteiger partial charge in [-0.1, -0.05) is 0 Å². The quantitative estimate of drug-likeness (QED) is 0.869. The molecule has 102 valence electrons. The van der Waals surface area contributed by atoms with Crippen molar-refractivity contribution in [2.75, 3.05) is 11.8 Å². The van der Waals surface area contributed by atoms with E-state index in [1.165, 1.54) is 19.2 Å². The fourth-order valence-electron chi connectivity index (χ4n) is 1.45. The molecular formula is C12H13NO5S. The molecule has 0 unspecified atom stereocenters. The molecule has 2 aromatic rings. The zero-order valence-electron chi connectivity index (χ0n) is 10.2. The fraction of sp³-hybridized carbons (Fsp3) is 0.167. The minimum atomic E-state index is -3.79. The minimum absolute atomic E-state index is 0.190. The molecule has 0 aliphatic carbocycles. The second kappa shape index (κ2) is 5.33. The van der Waals surface area contributed by atoms with Gasteiger partial charge >= 0.3 is 0 Å². The summed E-state index contributed by atoms with van der Waals surface area (Å²) in [5, 5.41) is 8.60. The van der Waals surface area contributed by atoms with Crippen molar-refractivity contribution in [3.63, 3.8) is 0 Å². The lowest BCUT2D eigenvalue weighted by molar-refractivity contribution is 0.236. The van der Waals surface area contributed by atoms with Crippen molar-refractivity contribution < 1.29 is 22.7 Å². The molecule has 0 atom stereocenters. The summed E-state index contributed by atoms with van der Waals surface area (Å²) in [5.41, 5.74) is 0.391. The minimum Gasteiger partial charge on any atom is -0.497 e. The summed E-state index contributed by atoms with van der Waals surface area (Å²) >= 11 is 0. The molecule has 7 heteroatoms. The Kier molecular flexibility index (Phi) is 3.77. The summed E-state index contributed by atoms with van der Waals surface area (Å²) in [4.78, 5) is 0. The molecule has 2 rings (SSSR count). The van der Waals surface area contributed by atoms with Crippen LogP contribution in [0.25, 0.3) is 0 Å². The van der Waals surface area contributed by atoms with Crippen LogP contribution < -0.4 is 9.46 Å². The number of aliphatic hydroxyl groups excluding tert-OH is 1. The summed E-state index contributed by atoms with van der Waals surface area (Å²) in [6.07, 6.45) is 0. The number of furan rings is 1. The molecule has 0 amide bonds. The first-order valence-corrected chi connectivity index (χ1v) is 6.90. The number of methoxy groups -OCH3 is 1. The number of benzene rings is 1. The Morgan fingerprint density at radius 2 is 1.89 bits per heavy atom. The van der Waals surface area contributed by atoms with Gasteiger partial charge in [-0.05, 0) is 36.4 Å². The number of ether oxygens (including phenoxy) is 1. The number of rotatable bonds is 5. The van der Waals surface area contributed by atoms with Crippen LogP contribution >= 0.6 is 0 Å². The van der Waals surface area contributed by atoms with Gasteiger partial charge in [0.2, 0.25) is 5.09 Å². The second-order valence-corrected chi connectivity index (χ2v) is 5.33. The Hall–Kier alpha value is -1.99. The number of nitrogens with one attached hydrogen (secondary N) is 1. The van der Waals surface area contributed by atoms with Gasteiger partial charge in [0.15, 0.2) is 0 Å². The highest BCUT2D eigenvalue weighted by Crippen LogP contribution is 2.20. The van der Waals surface area contributed by atoms with Gasteiger partial charge in [0, 0.05) is 5.69 Å². The molecule has 6 nitrogen and oxygen atoms in total. The highest BCUT2D eigenvalue weighted by atomic mass is 32.2. The van der Waals surface area contributed by atoms with Gasteiger partial charge in [-0.2, -0.15) is 8.42 Å². The molecule has 0 aliphatic heterocycles. The Balaban J connectivity index is 2.20. The number of hydrogen-bond donors (Lipinski definition) is 2. The third-order valence-corrected chi connectivity index (χ3v) is 3.65. The molecule has 2 N–H and O–H groups in total. The molecule has 0 bridgehead atoms. The van der Waals surface area contributed by atoms with E-state index in [0.717, 1.165) is 0 Å². The summed E-state index contributed by atoms with van der Waals surface area (Å²) in [7, 11) is -2.26. The van der Waals surface area contributed by atoms with Crippen LogP contribution in [0.2, 0.25) is 0 Å². The van der Waals surface area contributed by atoms with Crippen LogP contribution in [0.1, 0.15) is 5.76 Å². The van der Waals surface area contributed by atoms with E-state index in [2.05, 4.69) is 4.72 Å². The third-order valence-electron chi connectivity index (χ3n) is 2.40. The molecular weight excluding hydrogens is 270 g/mol. The van der Waals surface area contributed by atoms with Crippen molar-refractivity contribution in [1.29, 1.82) is 0 Å². The van der Waals surface area contributed by atoms with Crippen molar-refractivity contribution in [3.05, 3.63) is 42.2 Å². The summed E-state index contributed by atoms with van der Waals surface area (Å²) in [5.74, 6) is 0.818. The van der Waals surface area contributed by atoms with Crippen LogP contribution in [0.4, 0.5) is 5.69 Å². The van der Waals surface area contributed by atoms with Crippen LogP contribution in [0.3, 0.4) is 0 Å². The lowest BCUT2D eigenvalue weighted by atomic mass is 10.3. The van der Waals surface area contributed by atoms with Crippen LogP contribution in [0.15, 0.2) is 45.9 Å². The third kappa shape index (κ3) is 3.07. The van der Waals surface area contributed by atoms with E-state index in [4.69, 9.17) is 14.3 Å². The van der Waals surface area contributed by atoms with E-state index in [1.54, 1.807) is 24.3 Å². The maximum absolute atomic E-state index is 12.0. The van der Waals surface area contributed by atoms with Gasteiger partial charge < -0.3 is 14.3 Å². The number of aliphatic hydroxyl groups is 1. The van der Waals surface area contributed by atoms with E-state index in [9.17, 15) is 8.42 Å². The van der Waals surface area contributed by atoms with Crippen molar-refractivity contribution in [2.45, 2.75) is 11.7 Å². The van der Waals surface area contributed by atoms with Crippen molar-refractivity contribution in [3.8, 4) is 5.75 Å². The predicted molar refractivity (Wildman–Crippen MR) is 68.4 cm³/mol. The van der Waals surface area contributed by atoms with E-state index in [-0.39, 0.29) is 17.5 Å². The van der Waals surface area contributed by atoms with Gasteiger partial charge in [-0.15, -0.1) is 0 Å². The molecule has 1 heterocycles. The molecule has 1 aromatic heterocycles. The van der Waals surface area contributed by atoms with Gasteiger partial charge in [-0.3, -0.25) is 4.72 Å². The van der Waals surface area contributed by atoms with Crippen LogP contribution in [-0.4, -0.2) is 20.6 Å². The lowest BCUT2D eigenvalue weighted by Gasteiger charge is -2.06. The molecule has 0 fully saturated rings. The smallest absolute Gasteiger partial charge is 0.295 e. The Bertz CT molecular complexity index is 645. The second-order valence-electron chi connectivity index (χ2n) is 3.71. The van der Waals surface area contributed by atoms with Crippen molar-refractivity contribution >= 4 is 15.7 Å². The molecule has 0 saturated carbocycles. The molecule has 0 aliphatic rings. The van der Waals surface area contributed by atoms with E-state index >= 15 is 0 Å². The van der Waals surface area contributed by atoms with E-state index in [1.807, 2.05) is 0 Å². The maximum atomic E-state index is 12.0. The Labute approximate surface area is 110 Å². The van der Waals surface area contributed by atoms with Crippen molar-refractivity contribution in [2.24, 2.45) is 0 Å². The zero-order chi connectivity index (χ0) is 13.9. The summed E-state index contributed by atoms with van der Waals surface area (Å²) < 4.78 is 36.3. The molecule has 0 saturated heterocycles. The average molecular weight is 283 g/mol. The Morgan fingerprint density at radius 1 is 1.21 bits per heavy atom. The maximum Gasteiger partial charge on any atom is 0.295 e. The fourth-order valence-corrected chi connectivity index (χ4v) is 2.46. The van der Waals surface area contributed by atoms with Gasteiger partial charge in [0.25, 0.3) is 10.0 Å². The zero-order valence-corrected chi connectivity index (χ0v) is 11.0. The largest absolute Gasteiger partial charge is 0.497 e. The number of anilines is 1. The van der Waals surface area contributed by atoms with E-state index < -0.39 is 10.0 Å². The lowest BCUT2D eigenvalue weighted by Crippen LogP contribution is -2.11. The monoisotopic (exact) mass is 283 g/mol. The first kappa shape index (κ1) is 13.4. The number of sulfonamides is 1. The highest BCUT2D eigenvalue weighted by molar-refractivity contribution is 7.92. The number of hydrogen-bond acceptors (Lipinski definition) is 5. The van der Waals surface area contributed by atoms with Gasteiger partial charge in [0.1, 0.15) is 18.1 Å². The average Bonchev–Trinajstić information content (AvgIpc) is 2.89. The molecule has 0 spiro atoms. The van der Waals surface area contributed by atoms with E-state index in [0.29, 0.717) is 11.4 Å². The highest BCUT2D eigenvalue weighted by Gasteiger charge is 2.18. The van der Waals surface area contributed by atoms with Crippen molar-refractivity contribution in [1.82, 2.24) is 0 Å². The van der Waals surface area contributed by atoms with Crippen LogP contribution in [-0.2, 0) is 16.6 Å². The Morgan fingerprint density at radius 3 is 2.42 bits per heavy atom. The van der Waals surface area contributed by atoms with Crippen LogP contribution in [0, 0.1) is 0 Å². The summed E-state index contributed by atoms with van der Waals surface area (Å²) in [6.45, 7) is -0.349. The molecule has 0 radical (unpaired) electrons. The first-order chi connectivity index (χ1) is 9.05. The van der Waals surface area contributed by atoms with Crippen LogP contribution in [0.5, 0.6) is 5.75 Å². The van der Waals surface area contributed by atoms with Gasteiger partial charge in [-0.25, -0.2) is 0 Å².